The predicted octanol–water partition coefficient (Wildman–Crippen LogP) is 5.01. The van der Waals surface area contributed by atoms with Crippen LogP contribution in [-0.4, -0.2) is 19.1 Å². The minimum absolute atomic E-state index is 0.253. The summed E-state index contributed by atoms with van der Waals surface area (Å²) in [7, 11) is 3.99. The van der Waals surface area contributed by atoms with Gasteiger partial charge < -0.3 is 10.6 Å². The number of nitrogens with zero attached hydrogens (tertiary/aromatic N) is 3. The molecule has 2 aromatic carbocycles. The molecule has 3 rings (SSSR count). The molecule has 0 saturated heterocycles. The number of halogens is 1. The Bertz CT molecular complexity index is 985. The van der Waals surface area contributed by atoms with E-state index in [1.54, 1.807) is 0 Å². The second-order valence-electron chi connectivity index (χ2n) is 6.28. The molecule has 130 valence electrons. The molecule has 0 fully saturated rings. The van der Waals surface area contributed by atoms with Gasteiger partial charge in [0.1, 0.15) is 17.5 Å². The van der Waals surface area contributed by atoms with Gasteiger partial charge in [-0.3, -0.25) is 0 Å². The third-order valence-corrected chi connectivity index (χ3v) is 4.90. The minimum atomic E-state index is 0.253. The molecule has 5 heteroatoms. The molecule has 2 N–H and O–H groups in total. The molecular formula is C21H19BrN4. The zero-order valence-electron chi connectivity index (χ0n) is 14.9. The Kier molecular flexibility index (Phi) is 4.97. The Morgan fingerprint density at radius 1 is 1.00 bits per heavy atom. The van der Waals surface area contributed by atoms with E-state index in [1.807, 2.05) is 74.4 Å². The number of anilines is 2. The number of aromatic nitrogens is 1. The van der Waals surface area contributed by atoms with Crippen molar-refractivity contribution in [2.75, 3.05) is 24.7 Å². The maximum absolute atomic E-state index is 9.64. The zero-order valence-corrected chi connectivity index (χ0v) is 16.5. The molecule has 0 aliphatic heterocycles. The van der Waals surface area contributed by atoms with Crippen molar-refractivity contribution in [1.82, 2.24) is 4.98 Å². The van der Waals surface area contributed by atoms with Gasteiger partial charge in [-0.1, -0.05) is 40.2 Å². The van der Waals surface area contributed by atoms with Crippen molar-refractivity contribution in [2.24, 2.45) is 0 Å². The van der Waals surface area contributed by atoms with Crippen LogP contribution in [0.15, 0.2) is 53.0 Å². The molecule has 0 unspecified atom stereocenters. The van der Waals surface area contributed by atoms with Crippen LogP contribution in [0, 0.1) is 18.3 Å². The first-order chi connectivity index (χ1) is 12.4. The fraction of sp³-hybridized carbons (Fsp3) is 0.143. The molecule has 0 saturated carbocycles. The van der Waals surface area contributed by atoms with Gasteiger partial charge >= 0.3 is 0 Å². The largest absolute Gasteiger partial charge is 0.383 e. The quantitative estimate of drug-likeness (QED) is 0.663. The van der Waals surface area contributed by atoms with Gasteiger partial charge in [-0.15, -0.1) is 0 Å². The Hall–Kier alpha value is -2.84. The number of hydrogen-bond donors (Lipinski definition) is 1. The third-order valence-electron chi connectivity index (χ3n) is 4.37. The highest BCUT2D eigenvalue weighted by Gasteiger charge is 2.18. The number of nitrogens with two attached hydrogens (primary N) is 1. The van der Waals surface area contributed by atoms with E-state index in [4.69, 9.17) is 5.73 Å². The fourth-order valence-electron chi connectivity index (χ4n) is 2.98. The van der Waals surface area contributed by atoms with Crippen LogP contribution in [0.25, 0.3) is 22.4 Å². The maximum Gasteiger partial charge on any atom is 0.142 e. The van der Waals surface area contributed by atoms with Crippen molar-refractivity contribution < 1.29 is 0 Å². The minimum Gasteiger partial charge on any atom is -0.383 e. The summed E-state index contributed by atoms with van der Waals surface area (Å²) in [5, 5.41) is 9.64. The van der Waals surface area contributed by atoms with Crippen molar-refractivity contribution in [2.45, 2.75) is 6.92 Å². The van der Waals surface area contributed by atoms with Gasteiger partial charge in [0.2, 0.25) is 0 Å². The summed E-state index contributed by atoms with van der Waals surface area (Å²) in [5.74, 6) is 0.253. The third kappa shape index (κ3) is 3.29. The standard InChI is InChI=1S/C21H19BrN4/c1-13-19(14-6-10-17(11-7-14)26(2)3)18(12-23)21(24)25-20(13)15-4-8-16(22)9-5-15/h4-11H,1-3H3,(H2,24,25). The summed E-state index contributed by atoms with van der Waals surface area (Å²) in [6, 6.07) is 18.2. The monoisotopic (exact) mass is 406 g/mol. The Morgan fingerprint density at radius 3 is 2.12 bits per heavy atom. The highest BCUT2D eigenvalue weighted by atomic mass is 79.9. The van der Waals surface area contributed by atoms with E-state index in [1.165, 1.54) is 0 Å². The fourth-order valence-corrected chi connectivity index (χ4v) is 3.25. The van der Waals surface area contributed by atoms with E-state index in [9.17, 15) is 5.26 Å². The molecule has 26 heavy (non-hydrogen) atoms. The molecule has 0 atom stereocenters. The summed E-state index contributed by atoms with van der Waals surface area (Å²) in [5.41, 5.74) is 12.1. The lowest BCUT2D eigenvalue weighted by Crippen LogP contribution is -2.08. The van der Waals surface area contributed by atoms with Gasteiger partial charge in [0.25, 0.3) is 0 Å². The molecule has 0 aliphatic carbocycles. The summed E-state index contributed by atoms with van der Waals surface area (Å²) >= 11 is 3.45. The van der Waals surface area contributed by atoms with Gasteiger partial charge in [0.05, 0.1) is 5.69 Å². The number of pyridine rings is 1. The van der Waals surface area contributed by atoms with Crippen LogP contribution < -0.4 is 10.6 Å². The number of benzene rings is 2. The van der Waals surface area contributed by atoms with Gasteiger partial charge in [0, 0.05) is 35.4 Å². The first kappa shape index (κ1) is 18.0. The number of rotatable bonds is 3. The summed E-state index contributed by atoms with van der Waals surface area (Å²) < 4.78 is 1.00. The molecule has 1 aromatic heterocycles. The van der Waals surface area contributed by atoms with Gasteiger partial charge in [-0.05, 0) is 42.3 Å². The number of hydrogen-bond acceptors (Lipinski definition) is 4. The van der Waals surface area contributed by atoms with Gasteiger partial charge in [-0.25, -0.2) is 4.98 Å². The first-order valence-corrected chi connectivity index (χ1v) is 8.95. The summed E-state index contributed by atoms with van der Waals surface area (Å²) in [6.45, 7) is 1.99. The van der Waals surface area contributed by atoms with E-state index in [-0.39, 0.29) is 5.82 Å². The Labute approximate surface area is 162 Å². The summed E-state index contributed by atoms with van der Waals surface area (Å²) in [4.78, 5) is 6.54. The molecule has 0 spiro atoms. The summed E-state index contributed by atoms with van der Waals surface area (Å²) in [6.07, 6.45) is 0. The van der Waals surface area contributed by atoms with Crippen LogP contribution in [0.2, 0.25) is 0 Å². The molecule has 4 nitrogen and oxygen atoms in total. The van der Waals surface area contributed by atoms with Crippen molar-refractivity contribution >= 4 is 27.4 Å². The lowest BCUT2D eigenvalue weighted by Gasteiger charge is -2.17. The second kappa shape index (κ2) is 7.19. The maximum atomic E-state index is 9.64. The predicted molar refractivity (Wildman–Crippen MR) is 111 cm³/mol. The Balaban J connectivity index is 2.23. The van der Waals surface area contributed by atoms with Crippen LogP contribution in [-0.2, 0) is 0 Å². The molecule has 3 aromatic rings. The molecular weight excluding hydrogens is 388 g/mol. The average Bonchev–Trinajstić information content (AvgIpc) is 2.64. The molecule has 0 amide bonds. The Morgan fingerprint density at radius 2 is 1.58 bits per heavy atom. The topological polar surface area (TPSA) is 65.9 Å². The van der Waals surface area contributed by atoms with E-state index >= 15 is 0 Å². The van der Waals surface area contributed by atoms with Crippen LogP contribution in [0.1, 0.15) is 11.1 Å². The average molecular weight is 407 g/mol. The van der Waals surface area contributed by atoms with E-state index in [0.717, 1.165) is 38.1 Å². The van der Waals surface area contributed by atoms with Crippen LogP contribution in [0.5, 0.6) is 0 Å². The van der Waals surface area contributed by atoms with Crippen LogP contribution in [0.3, 0.4) is 0 Å². The molecule has 1 heterocycles. The van der Waals surface area contributed by atoms with Crippen molar-refractivity contribution in [3.8, 4) is 28.5 Å². The van der Waals surface area contributed by atoms with Crippen LogP contribution in [0.4, 0.5) is 11.5 Å². The smallest absolute Gasteiger partial charge is 0.142 e. The highest BCUT2D eigenvalue weighted by molar-refractivity contribution is 9.10. The van der Waals surface area contributed by atoms with Crippen molar-refractivity contribution in [1.29, 1.82) is 5.26 Å². The molecule has 0 aliphatic rings. The van der Waals surface area contributed by atoms with E-state index < -0.39 is 0 Å². The van der Waals surface area contributed by atoms with E-state index in [2.05, 4.69) is 27.0 Å². The van der Waals surface area contributed by atoms with E-state index in [0.29, 0.717) is 5.56 Å². The van der Waals surface area contributed by atoms with Gasteiger partial charge in [-0.2, -0.15) is 5.26 Å². The lowest BCUT2D eigenvalue weighted by atomic mass is 9.92. The number of nitriles is 1. The number of nitrogen functional groups attached to an aromatic ring is 1. The zero-order chi connectivity index (χ0) is 18.8. The van der Waals surface area contributed by atoms with Crippen molar-refractivity contribution in [3.05, 3.63) is 64.1 Å². The highest BCUT2D eigenvalue weighted by Crippen LogP contribution is 2.36. The lowest BCUT2D eigenvalue weighted by molar-refractivity contribution is 1.13. The van der Waals surface area contributed by atoms with Gasteiger partial charge in [0.15, 0.2) is 0 Å². The van der Waals surface area contributed by atoms with Crippen molar-refractivity contribution in [3.63, 3.8) is 0 Å². The molecule has 0 bridgehead atoms. The SMILES string of the molecule is Cc1c(-c2ccc(Br)cc2)nc(N)c(C#N)c1-c1ccc(N(C)C)cc1. The molecule has 0 radical (unpaired) electrons. The first-order valence-electron chi connectivity index (χ1n) is 8.16. The second-order valence-corrected chi connectivity index (χ2v) is 7.20. The van der Waals surface area contributed by atoms with Crippen LogP contribution >= 0.6 is 15.9 Å². The normalized spacial score (nSPS) is 10.4.